The first-order valence-electron chi connectivity index (χ1n) is 5.97. The van der Waals surface area contributed by atoms with Crippen molar-refractivity contribution < 1.29 is 22.3 Å². The molecule has 0 saturated heterocycles. The van der Waals surface area contributed by atoms with E-state index in [4.69, 9.17) is 4.74 Å². The Labute approximate surface area is 109 Å². The van der Waals surface area contributed by atoms with Crippen molar-refractivity contribution in [1.29, 1.82) is 0 Å². The summed E-state index contributed by atoms with van der Waals surface area (Å²) in [5.74, 6) is -0.333. The lowest BCUT2D eigenvalue weighted by Gasteiger charge is -2.11. The molecule has 108 valence electrons. The van der Waals surface area contributed by atoms with Crippen molar-refractivity contribution in [3.8, 4) is 5.88 Å². The van der Waals surface area contributed by atoms with E-state index < -0.39 is 18.4 Å². The number of hydrogen-bond acceptors (Lipinski definition) is 3. The lowest BCUT2D eigenvalue weighted by Crippen LogP contribution is -2.15. The molecule has 0 aliphatic heterocycles. The van der Waals surface area contributed by atoms with E-state index in [1.54, 1.807) is 0 Å². The van der Waals surface area contributed by atoms with Gasteiger partial charge in [0.05, 0.1) is 12.8 Å². The van der Waals surface area contributed by atoms with Gasteiger partial charge >= 0.3 is 6.18 Å². The molecule has 0 aliphatic carbocycles. The Kier molecular flexibility index (Phi) is 6.01. The van der Waals surface area contributed by atoms with Gasteiger partial charge in [0.25, 0.3) is 0 Å². The average Bonchev–Trinajstić information content (AvgIpc) is 2.32. The molecular formula is C12H16F4N2O. The number of rotatable bonds is 7. The van der Waals surface area contributed by atoms with Crippen molar-refractivity contribution in [2.45, 2.75) is 32.5 Å². The summed E-state index contributed by atoms with van der Waals surface area (Å²) in [6, 6.07) is 1.26. The van der Waals surface area contributed by atoms with Gasteiger partial charge in [-0.2, -0.15) is 13.2 Å². The van der Waals surface area contributed by atoms with E-state index in [9.17, 15) is 17.6 Å². The maximum Gasteiger partial charge on any atom is 0.389 e. The summed E-state index contributed by atoms with van der Waals surface area (Å²) >= 11 is 0. The molecule has 0 atom stereocenters. The number of nitrogens with zero attached hydrogens (tertiary/aromatic N) is 1. The van der Waals surface area contributed by atoms with Gasteiger partial charge in [0, 0.05) is 18.5 Å². The summed E-state index contributed by atoms with van der Waals surface area (Å²) in [7, 11) is 0. The van der Waals surface area contributed by atoms with Crippen LogP contribution in [-0.4, -0.2) is 24.3 Å². The van der Waals surface area contributed by atoms with Crippen LogP contribution in [-0.2, 0) is 6.54 Å². The smallest absolute Gasteiger partial charge is 0.389 e. The second-order valence-electron chi connectivity index (χ2n) is 3.97. The Bertz CT molecular complexity index is 396. The third kappa shape index (κ3) is 6.37. The maximum atomic E-state index is 13.0. The first-order valence-corrected chi connectivity index (χ1v) is 5.97. The van der Waals surface area contributed by atoms with Crippen molar-refractivity contribution in [1.82, 2.24) is 10.3 Å². The highest BCUT2D eigenvalue weighted by molar-refractivity contribution is 5.26. The van der Waals surface area contributed by atoms with Crippen LogP contribution in [0.1, 0.15) is 25.3 Å². The number of nitrogens with one attached hydrogen (secondary N) is 1. The topological polar surface area (TPSA) is 34.2 Å². The second-order valence-corrected chi connectivity index (χ2v) is 3.97. The highest BCUT2D eigenvalue weighted by atomic mass is 19.4. The molecule has 1 N–H and O–H groups in total. The van der Waals surface area contributed by atoms with Crippen LogP contribution in [0.2, 0.25) is 0 Å². The van der Waals surface area contributed by atoms with E-state index in [2.05, 4.69) is 10.3 Å². The molecule has 0 radical (unpaired) electrons. The van der Waals surface area contributed by atoms with Gasteiger partial charge in [0.15, 0.2) is 0 Å². The zero-order valence-electron chi connectivity index (χ0n) is 10.6. The van der Waals surface area contributed by atoms with Gasteiger partial charge < -0.3 is 10.1 Å². The molecule has 3 nitrogen and oxygen atoms in total. The van der Waals surface area contributed by atoms with Crippen LogP contribution in [0.15, 0.2) is 12.3 Å². The molecule has 1 aromatic rings. The van der Waals surface area contributed by atoms with Crippen LogP contribution in [0, 0.1) is 5.82 Å². The number of hydrogen-bond donors (Lipinski definition) is 1. The number of halogens is 4. The van der Waals surface area contributed by atoms with E-state index in [-0.39, 0.29) is 18.9 Å². The molecule has 0 bridgehead atoms. The molecule has 19 heavy (non-hydrogen) atoms. The predicted molar refractivity (Wildman–Crippen MR) is 62.4 cm³/mol. The van der Waals surface area contributed by atoms with E-state index in [0.29, 0.717) is 18.7 Å². The van der Waals surface area contributed by atoms with Crippen molar-refractivity contribution in [3.05, 3.63) is 23.6 Å². The second kappa shape index (κ2) is 7.28. The molecule has 7 heteroatoms. The van der Waals surface area contributed by atoms with E-state index in [1.807, 2.05) is 6.92 Å². The fraction of sp³-hybridized carbons (Fsp3) is 0.583. The molecule has 0 fully saturated rings. The highest BCUT2D eigenvalue weighted by Gasteiger charge is 2.26. The third-order valence-corrected chi connectivity index (χ3v) is 2.30. The number of alkyl halides is 3. The minimum absolute atomic E-state index is 0.0999. The first kappa shape index (κ1) is 15.7. The molecular weight excluding hydrogens is 264 g/mol. The Hall–Kier alpha value is -1.37. The number of ether oxygens (including phenoxy) is 1. The average molecular weight is 280 g/mol. The molecule has 0 spiro atoms. The van der Waals surface area contributed by atoms with Crippen LogP contribution in [0.3, 0.4) is 0 Å². The van der Waals surface area contributed by atoms with Gasteiger partial charge in [-0.3, -0.25) is 0 Å². The zero-order valence-corrected chi connectivity index (χ0v) is 10.6. The van der Waals surface area contributed by atoms with Gasteiger partial charge in [-0.1, -0.05) is 6.92 Å². The summed E-state index contributed by atoms with van der Waals surface area (Å²) in [4.78, 5) is 3.75. The Morgan fingerprint density at radius 1 is 1.37 bits per heavy atom. The van der Waals surface area contributed by atoms with E-state index in [1.165, 1.54) is 6.07 Å². The van der Waals surface area contributed by atoms with Crippen LogP contribution in [0.4, 0.5) is 17.6 Å². The standard InChI is InChI=1S/C12H16F4N2O/c1-2-17-7-9-6-10(13)8-18-11(9)19-5-3-4-12(14,15)16/h6,8,17H,2-5,7H2,1H3. The lowest BCUT2D eigenvalue weighted by molar-refractivity contribution is -0.136. The number of aromatic nitrogens is 1. The number of pyridine rings is 1. The highest BCUT2D eigenvalue weighted by Crippen LogP contribution is 2.22. The molecule has 1 aromatic heterocycles. The molecule has 0 aliphatic rings. The Balaban J connectivity index is 2.52. The van der Waals surface area contributed by atoms with Crippen molar-refractivity contribution in [3.63, 3.8) is 0 Å². The SMILES string of the molecule is CCNCc1cc(F)cnc1OCCCC(F)(F)F. The summed E-state index contributed by atoms with van der Waals surface area (Å²) in [6.07, 6.45) is -4.26. The van der Waals surface area contributed by atoms with Gasteiger partial charge in [-0.05, 0) is 19.0 Å². The fourth-order valence-corrected chi connectivity index (χ4v) is 1.43. The van der Waals surface area contributed by atoms with Crippen molar-refractivity contribution in [2.24, 2.45) is 0 Å². The van der Waals surface area contributed by atoms with Crippen molar-refractivity contribution in [2.75, 3.05) is 13.2 Å². The van der Waals surface area contributed by atoms with Crippen molar-refractivity contribution >= 4 is 0 Å². The lowest BCUT2D eigenvalue weighted by atomic mass is 10.2. The van der Waals surface area contributed by atoms with Crippen LogP contribution < -0.4 is 10.1 Å². The summed E-state index contributed by atoms with van der Waals surface area (Å²) in [5, 5.41) is 2.98. The molecule has 0 unspecified atom stereocenters. The minimum atomic E-state index is -4.19. The maximum absolute atomic E-state index is 13.0. The third-order valence-electron chi connectivity index (χ3n) is 2.30. The van der Waals surface area contributed by atoms with Crippen LogP contribution in [0.25, 0.3) is 0 Å². The van der Waals surface area contributed by atoms with Crippen LogP contribution >= 0.6 is 0 Å². The Morgan fingerprint density at radius 2 is 2.11 bits per heavy atom. The largest absolute Gasteiger partial charge is 0.477 e. The Morgan fingerprint density at radius 3 is 2.74 bits per heavy atom. The normalized spacial score (nSPS) is 11.6. The van der Waals surface area contributed by atoms with Gasteiger partial charge in [0.1, 0.15) is 5.82 Å². The molecule has 1 heterocycles. The minimum Gasteiger partial charge on any atom is -0.477 e. The molecule has 0 aromatic carbocycles. The monoisotopic (exact) mass is 280 g/mol. The van der Waals surface area contributed by atoms with Gasteiger partial charge in [-0.15, -0.1) is 0 Å². The van der Waals surface area contributed by atoms with E-state index in [0.717, 1.165) is 6.20 Å². The van der Waals surface area contributed by atoms with E-state index >= 15 is 0 Å². The quantitative estimate of drug-likeness (QED) is 0.615. The van der Waals surface area contributed by atoms with Crippen LogP contribution in [0.5, 0.6) is 5.88 Å². The summed E-state index contributed by atoms with van der Waals surface area (Å²) < 4.78 is 54.0. The first-order chi connectivity index (χ1) is 8.92. The molecule has 0 saturated carbocycles. The van der Waals surface area contributed by atoms with Gasteiger partial charge in [0.2, 0.25) is 5.88 Å². The molecule has 0 amide bonds. The van der Waals surface area contributed by atoms with Gasteiger partial charge in [-0.25, -0.2) is 9.37 Å². The summed E-state index contributed by atoms with van der Waals surface area (Å²) in [6.45, 7) is 2.83. The predicted octanol–water partition coefficient (Wildman–Crippen LogP) is 3.05. The zero-order chi connectivity index (χ0) is 14.3. The summed E-state index contributed by atoms with van der Waals surface area (Å²) in [5.41, 5.74) is 0.494. The molecule has 1 rings (SSSR count). The fourth-order valence-electron chi connectivity index (χ4n) is 1.43.